The fraction of sp³-hybridized carbons (Fsp3) is 0.320. The van der Waals surface area contributed by atoms with Crippen molar-refractivity contribution in [1.29, 1.82) is 0 Å². The van der Waals surface area contributed by atoms with Crippen LogP contribution >= 0.6 is 11.6 Å². The zero-order chi connectivity index (χ0) is 26.9. The minimum absolute atomic E-state index is 0.0246. The molecule has 0 fully saturated rings. The number of methoxy groups -OCH3 is 1. The second-order valence-electron chi connectivity index (χ2n) is 8.69. The standard InChI is InChI=1S/C25H27ClN6O5/c1-12-9-28-18(13(2)21(12)37-3)10-32-23-20(22(26)30-25(27)31-23)16(24(32)36)8-14-4-6-17(29-14)19(35)7-5-15(34)11-33/h4,6,8-9,15,29,33-34H,5,7,10-11H2,1-3H3,(H2,27,30,31)/b16-8-/t15-/m0/s1. The summed E-state index contributed by atoms with van der Waals surface area (Å²) in [4.78, 5) is 43.3. The molecule has 0 spiro atoms. The van der Waals surface area contributed by atoms with E-state index < -0.39 is 12.7 Å². The van der Waals surface area contributed by atoms with Crippen molar-refractivity contribution in [1.82, 2.24) is 19.9 Å². The van der Waals surface area contributed by atoms with E-state index in [0.29, 0.717) is 28.4 Å². The third-order valence-corrected chi connectivity index (χ3v) is 6.42. The van der Waals surface area contributed by atoms with Gasteiger partial charge >= 0.3 is 0 Å². The Labute approximate surface area is 218 Å². The van der Waals surface area contributed by atoms with Gasteiger partial charge in [0.2, 0.25) is 5.95 Å². The molecule has 12 heteroatoms. The number of anilines is 2. The Morgan fingerprint density at radius 3 is 2.78 bits per heavy atom. The molecule has 1 amide bonds. The molecule has 5 N–H and O–H groups in total. The smallest absolute Gasteiger partial charge is 0.260 e. The summed E-state index contributed by atoms with van der Waals surface area (Å²) in [5, 5.41) is 18.5. The van der Waals surface area contributed by atoms with E-state index in [-0.39, 0.29) is 53.6 Å². The molecule has 0 radical (unpaired) electrons. The van der Waals surface area contributed by atoms with Crippen LogP contribution in [0.25, 0.3) is 11.6 Å². The van der Waals surface area contributed by atoms with Gasteiger partial charge in [0.1, 0.15) is 10.9 Å². The fourth-order valence-corrected chi connectivity index (χ4v) is 4.49. The molecule has 0 bridgehead atoms. The lowest BCUT2D eigenvalue weighted by atomic mass is 10.1. The third-order valence-electron chi connectivity index (χ3n) is 6.15. The van der Waals surface area contributed by atoms with Crippen molar-refractivity contribution < 1.29 is 24.5 Å². The summed E-state index contributed by atoms with van der Waals surface area (Å²) in [6.07, 6.45) is 2.48. The van der Waals surface area contributed by atoms with Gasteiger partial charge in [-0.05, 0) is 38.5 Å². The van der Waals surface area contributed by atoms with Crippen molar-refractivity contribution in [3.8, 4) is 5.75 Å². The van der Waals surface area contributed by atoms with Crippen LogP contribution in [0.1, 0.15) is 51.4 Å². The number of halogens is 1. The Hall–Kier alpha value is -3.80. The van der Waals surface area contributed by atoms with Gasteiger partial charge in [-0.1, -0.05) is 11.6 Å². The quantitative estimate of drug-likeness (QED) is 0.186. The molecular formula is C25H27ClN6O5. The molecule has 194 valence electrons. The van der Waals surface area contributed by atoms with Crippen molar-refractivity contribution in [2.75, 3.05) is 24.4 Å². The summed E-state index contributed by atoms with van der Waals surface area (Å²) in [5.41, 5.74) is 9.48. The number of hydrogen-bond donors (Lipinski definition) is 4. The second-order valence-corrected chi connectivity index (χ2v) is 9.05. The monoisotopic (exact) mass is 526 g/mol. The summed E-state index contributed by atoms with van der Waals surface area (Å²) in [6, 6.07) is 3.24. The van der Waals surface area contributed by atoms with Gasteiger partial charge in [-0.3, -0.25) is 19.5 Å². The Morgan fingerprint density at radius 1 is 1.32 bits per heavy atom. The molecule has 3 aromatic rings. The molecule has 3 aromatic heterocycles. The first-order valence-electron chi connectivity index (χ1n) is 11.5. The molecule has 0 aromatic carbocycles. The molecule has 0 saturated heterocycles. The van der Waals surface area contributed by atoms with E-state index in [0.717, 1.165) is 11.1 Å². The van der Waals surface area contributed by atoms with Gasteiger partial charge in [-0.15, -0.1) is 0 Å². The highest BCUT2D eigenvalue weighted by atomic mass is 35.5. The summed E-state index contributed by atoms with van der Waals surface area (Å²) in [6.45, 7) is 3.44. The van der Waals surface area contributed by atoms with E-state index in [4.69, 9.17) is 27.2 Å². The Bertz CT molecular complexity index is 1400. The predicted molar refractivity (Wildman–Crippen MR) is 138 cm³/mol. The Kier molecular flexibility index (Phi) is 7.58. The van der Waals surface area contributed by atoms with Crippen LogP contribution in [0.2, 0.25) is 5.15 Å². The van der Waals surface area contributed by atoms with Gasteiger partial charge < -0.3 is 25.7 Å². The number of rotatable bonds is 9. The van der Waals surface area contributed by atoms with Gasteiger partial charge in [0, 0.05) is 29.4 Å². The topological polar surface area (TPSA) is 168 Å². The molecule has 1 aliphatic heterocycles. The van der Waals surface area contributed by atoms with Crippen LogP contribution in [0.5, 0.6) is 5.75 Å². The molecule has 0 aliphatic carbocycles. The number of carbonyl (C=O) groups excluding carboxylic acids is 2. The van der Waals surface area contributed by atoms with E-state index in [9.17, 15) is 14.7 Å². The number of amides is 1. The number of nitrogen functional groups attached to an aromatic ring is 1. The Morgan fingerprint density at radius 2 is 2.08 bits per heavy atom. The van der Waals surface area contributed by atoms with Crippen molar-refractivity contribution in [3.63, 3.8) is 0 Å². The number of aliphatic hydroxyl groups excluding tert-OH is 2. The summed E-state index contributed by atoms with van der Waals surface area (Å²) >= 11 is 6.41. The first-order chi connectivity index (χ1) is 17.6. The summed E-state index contributed by atoms with van der Waals surface area (Å²) in [7, 11) is 1.58. The van der Waals surface area contributed by atoms with Crippen molar-refractivity contribution in [2.45, 2.75) is 39.3 Å². The van der Waals surface area contributed by atoms with Crippen molar-refractivity contribution >= 4 is 46.7 Å². The number of fused-ring (bicyclic) bond motifs is 1. The SMILES string of the molecule is COc1c(C)cnc(CN2C(=O)/C(=C\c3ccc(C(=O)CC[C@H](O)CO)[nH]3)c3c(Cl)nc(N)nc32)c1C. The van der Waals surface area contributed by atoms with Crippen LogP contribution in [0.15, 0.2) is 18.3 Å². The van der Waals surface area contributed by atoms with E-state index in [2.05, 4.69) is 19.9 Å². The number of H-pyrrole nitrogens is 1. The van der Waals surface area contributed by atoms with Gasteiger partial charge in [-0.2, -0.15) is 4.98 Å². The highest BCUT2D eigenvalue weighted by molar-refractivity contribution is 6.41. The molecule has 0 saturated carbocycles. The molecule has 1 aliphatic rings. The lowest BCUT2D eigenvalue weighted by Crippen LogP contribution is -2.27. The fourth-order valence-electron chi connectivity index (χ4n) is 4.21. The lowest BCUT2D eigenvalue weighted by Gasteiger charge is -2.19. The van der Waals surface area contributed by atoms with Crippen LogP contribution in [0.3, 0.4) is 0 Å². The second kappa shape index (κ2) is 10.7. The third kappa shape index (κ3) is 5.19. The van der Waals surface area contributed by atoms with Crippen molar-refractivity contribution in [3.05, 3.63) is 57.3 Å². The maximum absolute atomic E-state index is 13.6. The van der Waals surface area contributed by atoms with Crippen molar-refractivity contribution in [2.24, 2.45) is 0 Å². The minimum Gasteiger partial charge on any atom is -0.496 e. The first kappa shape index (κ1) is 26.3. The number of nitrogens with one attached hydrogen (secondary N) is 1. The van der Waals surface area contributed by atoms with E-state index in [1.54, 1.807) is 31.5 Å². The largest absolute Gasteiger partial charge is 0.496 e. The van der Waals surface area contributed by atoms with E-state index >= 15 is 0 Å². The van der Waals surface area contributed by atoms with Crippen LogP contribution in [-0.4, -0.2) is 61.7 Å². The molecule has 0 unspecified atom stereocenters. The van der Waals surface area contributed by atoms with Crippen LogP contribution in [0.4, 0.5) is 11.8 Å². The van der Waals surface area contributed by atoms with Crippen LogP contribution < -0.4 is 15.4 Å². The normalized spacial score (nSPS) is 14.8. The predicted octanol–water partition coefficient (Wildman–Crippen LogP) is 2.46. The molecule has 37 heavy (non-hydrogen) atoms. The number of pyridine rings is 1. The number of aryl methyl sites for hydroxylation is 1. The van der Waals surface area contributed by atoms with Gasteiger partial charge in [0.05, 0.1) is 48.9 Å². The number of ketones is 1. The van der Waals surface area contributed by atoms with E-state index in [1.165, 1.54) is 4.90 Å². The lowest BCUT2D eigenvalue weighted by molar-refractivity contribution is -0.113. The number of ether oxygens (including phenoxy) is 1. The van der Waals surface area contributed by atoms with E-state index in [1.807, 2.05) is 13.8 Å². The maximum Gasteiger partial charge on any atom is 0.260 e. The number of aromatic amines is 1. The summed E-state index contributed by atoms with van der Waals surface area (Å²) in [5.74, 6) is 0.247. The Balaban J connectivity index is 1.69. The number of aromatic nitrogens is 4. The number of nitrogens with zero attached hydrogens (tertiary/aromatic N) is 4. The zero-order valence-corrected chi connectivity index (χ0v) is 21.3. The average Bonchev–Trinajstić information content (AvgIpc) is 3.43. The average molecular weight is 527 g/mol. The molecular weight excluding hydrogens is 500 g/mol. The highest BCUT2D eigenvalue weighted by Gasteiger charge is 2.37. The summed E-state index contributed by atoms with van der Waals surface area (Å²) < 4.78 is 5.49. The number of hydrogen-bond acceptors (Lipinski definition) is 9. The molecule has 11 nitrogen and oxygen atoms in total. The zero-order valence-electron chi connectivity index (χ0n) is 20.6. The molecule has 4 rings (SSSR count). The number of carbonyl (C=O) groups is 2. The molecule has 4 heterocycles. The van der Waals surface area contributed by atoms with Gasteiger partial charge in [-0.25, -0.2) is 4.98 Å². The number of Topliss-reactive ketones (excluding diaryl/α,β-unsaturated/α-hetero) is 1. The highest BCUT2D eigenvalue weighted by Crippen LogP contribution is 2.41. The first-order valence-corrected chi connectivity index (χ1v) is 11.9. The number of aliphatic hydroxyl groups is 2. The van der Waals surface area contributed by atoms with Crippen LogP contribution in [0, 0.1) is 13.8 Å². The van der Waals surface area contributed by atoms with Gasteiger partial charge in [0.25, 0.3) is 5.91 Å². The van der Waals surface area contributed by atoms with Crippen LogP contribution in [-0.2, 0) is 11.3 Å². The number of nitrogens with two attached hydrogens (primary N) is 1. The maximum atomic E-state index is 13.6. The molecule has 1 atom stereocenters. The van der Waals surface area contributed by atoms with Gasteiger partial charge in [0.15, 0.2) is 11.6 Å². The minimum atomic E-state index is -0.958.